The van der Waals surface area contributed by atoms with E-state index in [0.717, 1.165) is 23.8 Å². The van der Waals surface area contributed by atoms with Crippen LogP contribution in [0.2, 0.25) is 0 Å². The molecule has 2 aromatic carbocycles. The number of rotatable bonds is 6. The van der Waals surface area contributed by atoms with E-state index in [9.17, 15) is 20.0 Å². The molecule has 0 heterocycles. The van der Waals surface area contributed by atoms with Crippen LogP contribution >= 0.6 is 0 Å². The van der Waals surface area contributed by atoms with Gasteiger partial charge in [-0.05, 0) is 30.7 Å². The van der Waals surface area contributed by atoms with Crippen LogP contribution in [-0.4, -0.2) is 29.7 Å². The van der Waals surface area contributed by atoms with Gasteiger partial charge in [-0.15, -0.1) is 0 Å². The van der Waals surface area contributed by atoms with Crippen LogP contribution in [0.3, 0.4) is 0 Å². The van der Waals surface area contributed by atoms with Crippen molar-refractivity contribution in [3.8, 4) is 17.2 Å². The first-order valence-electron chi connectivity index (χ1n) is 6.95. The third-order valence-electron chi connectivity index (χ3n) is 3.14. The normalized spacial score (nSPS) is 10.1. The SMILES string of the molecule is COc1cc(C)ccc1OCC(=O)Nc1cc([N+](=O)[O-])ccc1O. The van der Waals surface area contributed by atoms with E-state index in [-0.39, 0.29) is 23.7 Å². The second-order valence-electron chi connectivity index (χ2n) is 4.95. The van der Waals surface area contributed by atoms with Crippen LogP contribution in [0, 0.1) is 17.0 Å². The van der Waals surface area contributed by atoms with Crippen LogP contribution in [0.15, 0.2) is 36.4 Å². The van der Waals surface area contributed by atoms with Gasteiger partial charge in [-0.1, -0.05) is 6.07 Å². The predicted molar refractivity (Wildman–Crippen MR) is 86.6 cm³/mol. The summed E-state index contributed by atoms with van der Waals surface area (Å²) < 4.78 is 10.5. The van der Waals surface area contributed by atoms with E-state index >= 15 is 0 Å². The number of amides is 1. The largest absolute Gasteiger partial charge is 0.506 e. The summed E-state index contributed by atoms with van der Waals surface area (Å²) >= 11 is 0. The van der Waals surface area contributed by atoms with Gasteiger partial charge in [0.15, 0.2) is 18.1 Å². The summed E-state index contributed by atoms with van der Waals surface area (Å²) in [4.78, 5) is 22.0. The molecular weight excluding hydrogens is 316 g/mol. The standard InChI is InChI=1S/C16H16N2O6/c1-10-3-6-14(15(7-10)23-2)24-9-16(20)17-12-8-11(18(21)22)4-5-13(12)19/h3-8,19H,9H2,1-2H3,(H,17,20). The average molecular weight is 332 g/mol. The molecule has 126 valence electrons. The average Bonchev–Trinajstić information content (AvgIpc) is 2.55. The number of methoxy groups -OCH3 is 1. The molecule has 2 rings (SSSR count). The highest BCUT2D eigenvalue weighted by Gasteiger charge is 2.14. The lowest BCUT2D eigenvalue weighted by Crippen LogP contribution is -2.20. The molecule has 0 aromatic heterocycles. The molecular formula is C16H16N2O6. The fourth-order valence-electron chi connectivity index (χ4n) is 1.96. The predicted octanol–water partition coefficient (Wildman–Crippen LogP) is 2.63. The number of nitrogens with zero attached hydrogens (tertiary/aromatic N) is 1. The van der Waals surface area contributed by atoms with Crippen molar-refractivity contribution in [2.45, 2.75) is 6.92 Å². The molecule has 0 aliphatic rings. The maximum Gasteiger partial charge on any atom is 0.271 e. The highest BCUT2D eigenvalue weighted by Crippen LogP contribution is 2.29. The minimum atomic E-state index is -0.622. The monoisotopic (exact) mass is 332 g/mol. The Balaban J connectivity index is 2.04. The molecule has 0 spiro atoms. The summed E-state index contributed by atoms with van der Waals surface area (Å²) in [5, 5.41) is 22.8. The Labute approximate surface area is 137 Å². The lowest BCUT2D eigenvalue weighted by molar-refractivity contribution is -0.384. The number of nitrogens with one attached hydrogen (secondary N) is 1. The molecule has 0 saturated heterocycles. The van der Waals surface area contributed by atoms with Gasteiger partial charge in [-0.3, -0.25) is 14.9 Å². The first-order chi connectivity index (χ1) is 11.4. The number of phenols is 1. The van der Waals surface area contributed by atoms with Crippen molar-refractivity contribution in [1.29, 1.82) is 0 Å². The van der Waals surface area contributed by atoms with Gasteiger partial charge in [0.25, 0.3) is 11.6 Å². The minimum Gasteiger partial charge on any atom is -0.506 e. The Kier molecular flexibility index (Phi) is 5.20. The van der Waals surface area contributed by atoms with Gasteiger partial charge in [0.1, 0.15) is 5.75 Å². The Bertz CT molecular complexity index is 775. The minimum absolute atomic E-state index is 0.0614. The van der Waals surface area contributed by atoms with Crippen LogP contribution < -0.4 is 14.8 Å². The third kappa shape index (κ3) is 4.13. The molecule has 0 saturated carbocycles. The molecule has 0 unspecified atom stereocenters. The molecule has 2 aromatic rings. The number of nitro groups is 1. The van der Waals surface area contributed by atoms with Crippen molar-refractivity contribution in [2.75, 3.05) is 19.0 Å². The molecule has 0 aliphatic carbocycles. The van der Waals surface area contributed by atoms with E-state index in [2.05, 4.69) is 5.32 Å². The Morgan fingerprint density at radius 1 is 1.25 bits per heavy atom. The van der Waals surface area contributed by atoms with Gasteiger partial charge in [0.05, 0.1) is 17.7 Å². The quantitative estimate of drug-likeness (QED) is 0.478. The number of benzene rings is 2. The van der Waals surface area contributed by atoms with Crippen molar-refractivity contribution < 1.29 is 24.3 Å². The molecule has 8 nitrogen and oxygen atoms in total. The fraction of sp³-hybridized carbons (Fsp3) is 0.188. The van der Waals surface area contributed by atoms with E-state index < -0.39 is 10.8 Å². The molecule has 0 aliphatic heterocycles. The summed E-state index contributed by atoms with van der Waals surface area (Å²) in [6.07, 6.45) is 0. The molecule has 24 heavy (non-hydrogen) atoms. The number of hydrogen-bond acceptors (Lipinski definition) is 6. The van der Waals surface area contributed by atoms with Crippen LogP contribution in [0.1, 0.15) is 5.56 Å². The lowest BCUT2D eigenvalue weighted by atomic mass is 10.2. The zero-order chi connectivity index (χ0) is 17.7. The van der Waals surface area contributed by atoms with Gasteiger partial charge < -0.3 is 19.9 Å². The van der Waals surface area contributed by atoms with E-state index in [1.165, 1.54) is 7.11 Å². The van der Waals surface area contributed by atoms with Crippen LogP contribution in [0.5, 0.6) is 17.2 Å². The van der Waals surface area contributed by atoms with E-state index in [1.807, 2.05) is 13.0 Å². The summed E-state index contributed by atoms with van der Waals surface area (Å²) in [5.74, 6) is 0.0257. The van der Waals surface area contributed by atoms with Crippen molar-refractivity contribution in [1.82, 2.24) is 0 Å². The zero-order valence-corrected chi connectivity index (χ0v) is 13.1. The van der Waals surface area contributed by atoms with Crippen LogP contribution in [0.4, 0.5) is 11.4 Å². The molecule has 0 bridgehead atoms. The van der Waals surface area contributed by atoms with Crippen LogP contribution in [0.25, 0.3) is 0 Å². The topological polar surface area (TPSA) is 111 Å². The summed E-state index contributed by atoms with van der Waals surface area (Å²) in [5.41, 5.74) is 0.670. The highest BCUT2D eigenvalue weighted by molar-refractivity contribution is 5.93. The first-order valence-corrected chi connectivity index (χ1v) is 6.95. The van der Waals surface area contributed by atoms with Gasteiger partial charge in [0.2, 0.25) is 0 Å². The summed E-state index contributed by atoms with van der Waals surface area (Å²) in [6, 6.07) is 8.59. The second-order valence-corrected chi connectivity index (χ2v) is 4.95. The Hall–Kier alpha value is -3.29. The van der Waals surface area contributed by atoms with Crippen molar-refractivity contribution in [3.05, 3.63) is 52.1 Å². The number of anilines is 1. The zero-order valence-electron chi connectivity index (χ0n) is 13.1. The number of ether oxygens (including phenoxy) is 2. The number of carbonyl (C=O) groups excluding carboxylic acids is 1. The lowest BCUT2D eigenvalue weighted by Gasteiger charge is -2.12. The van der Waals surface area contributed by atoms with Crippen molar-refractivity contribution >= 4 is 17.3 Å². The Morgan fingerprint density at radius 2 is 2.00 bits per heavy atom. The van der Waals surface area contributed by atoms with Crippen molar-refractivity contribution in [2.24, 2.45) is 0 Å². The van der Waals surface area contributed by atoms with Gasteiger partial charge in [-0.25, -0.2) is 0 Å². The smallest absolute Gasteiger partial charge is 0.271 e. The number of non-ortho nitro benzene ring substituents is 1. The number of carbonyl (C=O) groups is 1. The van der Waals surface area contributed by atoms with Gasteiger partial charge >= 0.3 is 0 Å². The third-order valence-corrected chi connectivity index (χ3v) is 3.14. The molecule has 0 radical (unpaired) electrons. The number of aryl methyl sites for hydroxylation is 1. The van der Waals surface area contributed by atoms with E-state index in [0.29, 0.717) is 11.5 Å². The summed E-state index contributed by atoms with van der Waals surface area (Å²) in [7, 11) is 1.49. The van der Waals surface area contributed by atoms with Gasteiger partial charge in [0, 0.05) is 12.1 Å². The molecule has 1 amide bonds. The maximum atomic E-state index is 11.9. The molecule has 8 heteroatoms. The first kappa shape index (κ1) is 17.1. The summed E-state index contributed by atoms with van der Waals surface area (Å²) in [6.45, 7) is 1.55. The van der Waals surface area contributed by atoms with Crippen LogP contribution in [-0.2, 0) is 4.79 Å². The van der Waals surface area contributed by atoms with Crippen molar-refractivity contribution in [3.63, 3.8) is 0 Å². The maximum absolute atomic E-state index is 11.9. The molecule has 0 atom stereocenters. The number of aromatic hydroxyl groups is 1. The second kappa shape index (κ2) is 7.32. The number of hydrogen-bond donors (Lipinski definition) is 2. The Morgan fingerprint density at radius 3 is 2.67 bits per heavy atom. The molecule has 2 N–H and O–H groups in total. The van der Waals surface area contributed by atoms with Gasteiger partial charge in [-0.2, -0.15) is 0 Å². The van der Waals surface area contributed by atoms with E-state index in [1.54, 1.807) is 12.1 Å². The fourth-order valence-corrected chi connectivity index (χ4v) is 1.96. The highest BCUT2D eigenvalue weighted by atomic mass is 16.6. The molecule has 0 fully saturated rings. The number of nitro benzene ring substituents is 1. The van der Waals surface area contributed by atoms with E-state index in [4.69, 9.17) is 9.47 Å². The number of phenolic OH excluding ortho intramolecular Hbond substituents is 1.